The molecule has 0 saturated carbocycles. The molecular weight excluding hydrogens is 1650 g/mol. The number of H-pyrrole nitrogens is 1. The van der Waals surface area contributed by atoms with Gasteiger partial charge >= 0.3 is 53.8 Å². The average Bonchev–Trinajstić information content (AvgIpc) is 1.63. The Bertz CT molecular complexity index is 4890. The Morgan fingerprint density at radius 2 is 1.07 bits per heavy atom. The SMILES string of the molecule is C.COC(=O)Cc1ccc(OC)cc1C(=O)OC.COC(=O)c1cc(OC)ccc1C(Br)C(=O)OC.COc1ccc2c(c1)c(=O)[nH]c1c3cc(Cl)ccc3oc21.COc1ccc2c(c1)c(Cl)nc1c3cc(Cl)ccc3oc21.ClC(Cl)(Cl)Cl.N#Cc1cc(Cl)ccc1O.O=P(Cl)(Cl)Cl.[B]=NS. The predicted octanol–water partition coefficient (Wildman–Crippen LogP) is 20.9. The molecule has 7 aromatic carbocycles. The third kappa shape index (κ3) is 26.8. The number of nitrogens with zero attached hydrogens (tertiary/aromatic N) is 3. The second kappa shape index (κ2) is 42.1. The maximum absolute atomic E-state index is 12.3. The van der Waals surface area contributed by atoms with E-state index < -0.39 is 37.2 Å². The van der Waals surface area contributed by atoms with Gasteiger partial charge in [0.1, 0.15) is 61.5 Å². The van der Waals surface area contributed by atoms with Crippen LogP contribution in [-0.2, 0) is 39.5 Å². The number of methoxy groups -OCH3 is 8. The number of carbonyl (C=O) groups is 4. The molecule has 0 aliphatic rings. The molecule has 0 bridgehead atoms. The van der Waals surface area contributed by atoms with Crippen molar-refractivity contribution in [3.63, 3.8) is 0 Å². The van der Waals surface area contributed by atoms with Gasteiger partial charge in [0.15, 0.2) is 11.2 Å². The number of furan rings is 2. The van der Waals surface area contributed by atoms with Crippen molar-refractivity contribution in [1.82, 2.24) is 9.97 Å². The number of ether oxygens (including phenoxy) is 8. The number of hydrogen-bond donors (Lipinski definition) is 3. The van der Waals surface area contributed by atoms with Crippen molar-refractivity contribution < 1.29 is 75.6 Å². The monoisotopic (exact) mass is 1700 g/mol. The van der Waals surface area contributed by atoms with E-state index in [1.165, 1.54) is 73.0 Å². The number of thiol groups is 1. The van der Waals surface area contributed by atoms with Crippen molar-refractivity contribution >= 4 is 258 Å². The zero-order valence-electron chi connectivity index (χ0n) is 52.7. The van der Waals surface area contributed by atoms with Crippen LogP contribution >= 0.6 is 160 Å². The zero-order valence-corrected chi connectivity index (χ0v) is 64.4. The number of aromatic hydroxyl groups is 1. The number of benzene rings is 7. The first-order valence-electron chi connectivity index (χ1n) is 27.2. The molecule has 0 aliphatic heterocycles. The van der Waals surface area contributed by atoms with Gasteiger partial charge in [0, 0.05) is 42.0 Å². The molecule has 0 amide bonds. The van der Waals surface area contributed by atoms with Crippen molar-refractivity contribution in [3.8, 4) is 34.8 Å². The van der Waals surface area contributed by atoms with E-state index in [9.17, 15) is 28.5 Å². The Morgan fingerprint density at radius 3 is 1.56 bits per heavy atom. The van der Waals surface area contributed by atoms with E-state index in [0.717, 1.165) is 43.8 Å². The Labute approximate surface area is 646 Å². The molecule has 21 nitrogen and oxygen atoms in total. The molecule has 2 N–H and O–H groups in total. The number of esters is 4. The van der Waals surface area contributed by atoms with Gasteiger partial charge in [-0.3, -0.25) is 18.9 Å². The van der Waals surface area contributed by atoms with Crippen LogP contribution in [0.5, 0.6) is 28.7 Å². The molecule has 101 heavy (non-hydrogen) atoms. The number of aromatic nitrogens is 2. The van der Waals surface area contributed by atoms with Crippen LogP contribution in [0.25, 0.3) is 65.7 Å². The van der Waals surface area contributed by atoms with Crippen molar-refractivity contribution in [2.75, 3.05) is 56.9 Å². The summed E-state index contributed by atoms with van der Waals surface area (Å²) in [5.41, 5.74) is 5.74. The number of hydrogen-bond acceptors (Lipinski definition) is 21. The van der Waals surface area contributed by atoms with Gasteiger partial charge in [-0.15, -0.1) is 0 Å². The Kier molecular flexibility index (Phi) is 36.9. The number of phenolic OH excluding ortho intramolecular Hbond substituents is 1. The van der Waals surface area contributed by atoms with E-state index >= 15 is 0 Å². The topological polar surface area (TPSA) is 288 Å². The van der Waals surface area contributed by atoms with Gasteiger partial charge in [-0.05, 0) is 160 Å². The van der Waals surface area contributed by atoms with Crippen LogP contribution in [0.4, 0.5) is 0 Å². The van der Waals surface area contributed by atoms with E-state index in [-0.39, 0.29) is 36.3 Å². The van der Waals surface area contributed by atoms with Gasteiger partial charge in [-0.1, -0.05) is 128 Å². The molecule has 535 valence electrons. The molecular formula is C65H55BBrCl11N4O17PS. The van der Waals surface area contributed by atoms with Crippen molar-refractivity contribution in [2.45, 2.75) is 21.9 Å². The average molecular weight is 1710 g/mol. The molecule has 1 radical (unpaired) electrons. The summed E-state index contributed by atoms with van der Waals surface area (Å²) in [7, 11) is 15.6. The van der Waals surface area contributed by atoms with E-state index in [4.69, 9.17) is 131 Å². The summed E-state index contributed by atoms with van der Waals surface area (Å²) < 4.78 is 61.3. The quantitative estimate of drug-likeness (QED) is 0.0218. The molecule has 36 heteroatoms. The molecule has 1 unspecified atom stereocenters. The number of phenols is 1. The van der Waals surface area contributed by atoms with Crippen LogP contribution in [0.3, 0.4) is 0 Å². The third-order valence-corrected chi connectivity index (χ3v) is 14.7. The molecule has 4 aromatic heterocycles. The minimum atomic E-state index is -3.22. The second-order valence-electron chi connectivity index (χ2n) is 18.9. The van der Waals surface area contributed by atoms with Crippen molar-refractivity contribution in [3.05, 3.63) is 186 Å². The second-order valence-corrected chi connectivity index (χ2v) is 31.7. The number of fused-ring (bicyclic) bond motifs is 10. The summed E-state index contributed by atoms with van der Waals surface area (Å²) in [6.07, 6.45) is 0.0188. The standard InChI is InChI=1S/C16H9Cl2NO2.C16H10ClNO3.C12H13BrO5.C12H14O5.C7H4ClNO.CCl4.CH4.BHNS.Cl3OP/c1-20-9-3-4-10-11(7-9)16(18)19-14-12-6-8(17)2-5-13(12)21-15(10)14;1-20-9-3-4-10-11(7-9)16(19)18-14-12-6-8(17)2-5-13(12)21-15(10)14;1-16-7-4-5-8(10(13)12(15)18-3)9(6-7)11(14)17-2;1-15-9-5-4-8(6-11(13)16-2)10(7-9)12(14)17-3;8-6-1-2-7(10)5(3-6)4-9;2-1(3,4)5;;1-2-3;1-5(2,3)4/h2-7H,1H3;2-7H,1H3,(H,18,19);4-6,10H,1-3H3;4-5,7H,6H2,1-3H3;1-3,10H;;1H4;3H;. The van der Waals surface area contributed by atoms with Gasteiger partial charge in [-0.25, -0.2) is 14.6 Å². The summed E-state index contributed by atoms with van der Waals surface area (Å²) in [4.78, 5) is 64.8. The Hall–Kier alpha value is -6.76. The summed E-state index contributed by atoms with van der Waals surface area (Å²) >= 11 is 63.5. The van der Waals surface area contributed by atoms with Crippen LogP contribution in [0, 0.1) is 11.3 Å². The zero-order chi connectivity index (χ0) is 74.9. The number of carbonyl (C=O) groups excluding carboxylic acids is 4. The van der Waals surface area contributed by atoms with Gasteiger partial charge in [0.25, 0.3) is 8.81 Å². The van der Waals surface area contributed by atoms with Gasteiger partial charge in [0.05, 0.1) is 90.9 Å². The molecule has 11 rings (SSSR count). The third-order valence-electron chi connectivity index (χ3n) is 12.8. The van der Waals surface area contributed by atoms with E-state index in [0.29, 0.717) is 81.8 Å². The number of nitriles is 1. The minimum absolute atomic E-state index is 0. The number of alkyl halides is 5. The van der Waals surface area contributed by atoms with Gasteiger partial charge in [-0.2, -0.15) is 5.26 Å². The van der Waals surface area contributed by atoms with E-state index in [1.807, 2.05) is 36.4 Å². The number of rotatable bonds is 10. The summed E-state index contributed by atoms with van der Waals surface area (Å²) in [5.74, 6) is 0.386. The molecule has 11 aromatic rings. The van der Waals surface area contributed by atoms with Crippen LogP contribution in [0.2, 0.25) is 20.2 Å². The fourth-order valence-corrected chi connectivity index (χ4v) is 9.83. The fourth-order valence-electron chi connectivity index (χ4n) is 8.49. The molecule has 0 aliphatic carbocycles. The van der Waals surface area contributed by atoms with E-state index in [2.05, 4.69) is 103 Å². The van der Waals surface area contributed by atoms with Crippen molar-refractivity contribution in [1.29, 1.82) is 5.26 Å². The molecule has 1 atom stereocenters. The maximum atomic E-state index is 12.3. The number of halogens is 12. The first-order chi connectivity index (χ1) is 47.2. The number of nitrogens with one attached hydrogen (secondary N) is 1. The van der Waals surface area contributed by atoms with Crippen LogP contribution in [-0.4, -0.2) is 107 Å². The van der Waals surface area contributed by atoms with Crippen LogP contribution < -0.4 is 24.5 Å². The van der Waals surface area contributed by atoms with Gasteiger partial charge < -0.3 is 56.8 Å². The van der Waals surface area contributed by atoms with Crippen LogP contribution in [0.15, 0.2) is 145 Å². The molecule has 4 heterocycles. The normalized spacial score (nSPS) is 10.6. The summed E-state index contributed by atoms with van der Waals surface area (Å²) in [6.45, 7) is 0. The molecule has 0 saturated heterocycles. The molecule has 0 spiro atoms. The summed E-state index contributed by atoms with van der Waals surface area (Å²) in [6, 6.07) is 37.5. The molecule has 0 fully saturated rings. The first kappa shape index (κ1) is 88.5. The summed E-state index contributed by atoms with van der Waals surface area (Å²) in [5, 5.41) is 20.9. The number of pyridine rings is 2. The van der Waals surface area contributed by atoms with E-state index in [1.54, 1.807) is 81.0 Å². The number of aromatic amines is 1. The van der Waals surface area contributed by atoms with Crippen molar-refractivity contribution in [2.24, 2.45) is 4.30 Å². The first-order valence-corrected chi connectivity index (χ1v) is 36.0. The van der Waals surface area contributed by atoms with Crippen LogP contribution in [0.1, 0.15) is 49.7 Å². The fraction of sp³-hybridized carbons (Fsp3) is 0.185. The Balaban J connectivity index is 0.000000317. The van der Waals surface area contributed by atoms with Gasteiger partial charge in [0.2, 0.25) is 0 Å². The predicted molar refractivity (Wildman–Crippen MR) is 410 cm³/mol. The Morgan fingerprint density at radius 1 is 0.634 bits per heavy atom.